The van der Waals surface area contributed by atoms with Crippen molar-refractivity contribution in [3.05, 3.63) is 29.6 Å². The molecular weight excluding hydrogens is 221 g/mol. The monoisotopic (exact) mass is 241 g/mol. The third kappa shape index (κ3) is 4.54. The van der Waals surface area contributed by atoms with E-state index in [0.29, 0.717) is 6.04 Å². The molecule has 1 aromatic carbocycles. The van der Waals surface area contributed by atoms with Crippen LogP contribution in [0.3, 0.4) is 0 Å². The van der Waals surface area contributed by atoms with Crippen LogP contribution in [-0.4, -0.2) is 11.8 Å². The van der Waals surface area contributed by atoms with Gasteiger partial charge in [0.15, 0.2) is 0 Å². The Morgan fingerprint density at radius 3 is 2.69 bits per heavy atom. The van der Waals surface area contributed by atoms with E-state index >= 15 is 0 Å². The Hall–Kier alpha value is -0.540. The van der Waals surface area contributed by atoms with Crippen LogP contribution in [0.5, 0.6) is 0 Å². The lowest BCUT2D eigenvalue weighted by molar-refractivity contribution is 0.574. The fraction of sp³-hybridized carbons (Fsp3) is 0.538. The molecule has 0 spiro atoms. The van der Waals surface area contributed by atoms with Crippen LogP contribution >= 0.6 is 11.8 Å². The Kier molecular flexibility index (Phi) is 5.85. The van der Waals surface area contributed by atoms with Crippen molar-refractivity contribution < 1.29 is 4.39 Å². The molecule has 1 N–H and O–H groups in total. The second kappa shape index (κ2) is 6.92. The van der Waals surface area contributed by atoms with Gasteiger partial charge in [0.2, 0.25) is 0 Å². The zero-order valence-electron chi connectivity index (χ0n) is 10.2. The summed E-state index contributed by atoms with van der Waals surface area (Å²) >= 11 is 1.58. The van der Waals surface area contributed by atoms with Gasteiger partial charge in [-0.15, -0.1) is 11.8 Å². The van der Waals surface area contributed by atoms with Crippen molar-refractivity contribution in [3.8, 4) is 0 Å². The lowest BCUT2D eigenvalue weighted by Gasteiger charge is -2.09. The quantitative estimate of drug-likeness (QED) is 0.760. The fourth-order valence-electron chi connectivity index (χ4n) is 1.31. The molecule has 0 saturated carbocycles. The SMILES string of the molecule is CCCSc1ccc(CNC(C)C)cc1F. The third-order valence-electron chi connectivity index (χ3n) is 2.17. The highest BCUT2D eigenvalue weighted by atomic mass is 32.2. The minimum Gasteiger partial charge on any atom is -0.310 e. The molecule has 0 fully saturated rings. The molecule has 0 bridgehead atoms. The maximum Gasteiger partial charge on any atom is 0.137 e. The minimum atomic E-state index is -0.0958. The molecule has 16 heavy (non-hydrogen) atoms. The molecule has 0 aromatic heterocycles. The topological polar surface area (TPSA) is 12.0 Å². The average Bonchev–Trinajstić information content (AvgIpc) is 2.25. The molecule has 90 valence electrons. The lowest BCUT2D eigenvalue weighted by atomic mass is 10.2. The van der Waals surface area contributed by atoms with Crippen molar-refractivity contribution in [2.24, 2.45) is 0 Å². The lowest BCUT2D eigenvalue weighted by Crippen LogP contribution is -2.21. The first-order valence-corrected chi connectivity index (χ1v) is 6.76. The van der Waals surface area contributed by atoms with Crippen LogP contribution in [-0.2, 0) is 6.54 Å². The number of halogens is 1. The first kappa shape index (κ1) is 13.5. The van der Waals surface area contributed by atoms with Crippen LogP contribution in [0.4, 0.5) is 4.39 Å². The van der Waals surface area contributed by atoms with Gasteiger partial charge < -0.3 is 5.32 Å². The summed E-state index contributed by atoms with van der Waals surface area (Å²) in [7, 11) is 0. The molecule has 0 aliphatic carbocycles. The van der Waals surface area contributed by atoms with Gasteiger partial charge in [0.25, 0.3) is 0 Å². The number of benzene rings is 1. The predicted octanol–water partition coefficient (Wildman–Crippen LogP) is 3.83. The minimum absolute atomic E-state index is 0.0958. The standard InChI is InChI=1S/C13H20FNS/c1-4-7-16-13-6-5-11(8-12(13)14)9-15-10(2)3/h5-6,8,10,15H,4,7,9H2,1-3H3. The van der Waals surface area contributed by atoms with Gasteiger partial charge >= 0.3 is 0 Å². The van der Waals surface area contributed by atoms with Gasteiger partial charge in [-0.05, 0) is 29.9 Å². The molecule has 1 nitrogen and oxygen atoms in total. The zero-order valence-corrected chi connectivity index (χ0v) is 11.0. The zero-order chi connectivity index (χ0) is 12.0. The predicted molar refractivity (Wildman–Crippen MR) is 69.4 cm³/mol. The van der Waals surface area contributed by atoms with Gasteiger partial charge in [0, 0.05) is 17.5 Å². The van der Waals surface area contributed by atoms with E-state index in [0.717, 1.165) is 29.2 Å². The number of thioether (sulfide) groups is 1. The second-order valence-electron chi connectivity index (χ2n) is 4.15. The van der Waals surface area contributed by atoms with Gasteiger partial charge in [-0.25, -0.2) is 4.39 Å². The maximum atomic E-state index is 13.6. The summed E-state index contributed by atoms with van der Waals surface area (Å²) in [6.07, 6.45) is 1.07. The van der Waals surface area contributed by atoms with Crippen molar-refractivity contribution >= 4 is 11.8 Å². The number of rotatable bonds is 6. The maximum absolute atomic E-state index is 13.6. The van der Waals surface area contributed by atoms with E-state index in [-0.39, 0.29) is 5.82 Å². The first-order valence-electron chi connectivity index (χ1n) is 5.78. The molecule has 3 heteroatoms. The smallest absolute Gasteiger partial charge is 0.137 e. The van der Waals surface area contributed by atoms with Crippen LogP contribution in [0.2, 0.25) is 0 Å². The van der Waals surface area contributed by atoms with E-state index in [4.69, 9.17) is 0 Å². The highest BCUT2D eigenvalue weighted by molar-refractivity contribution is 7.99. The summed E-state index contributed by atoms with van der Waals surface area (Å²) in [5.74, 6) is 0.877. The Balaban J connectivity index is 2.59. The van der Waals surface area contributed by atoms with E-state index < -0.39 is 0 Å². The summed E-state index contributed by atoms with van der Waals surface area (Å²) in [5, 5.41) is 3.28. The van der Waals surface area contributed by atoms with Crippen molar-refractivity contribution in [3.63, 3.8) is 0 Å². The van der Waals surface area contributed by atoms with Crippen LogP contribution < -0.4 is 5.32 Å². The number of nitrogens with one attached hydrogen (secondary N) is 1. The second-order valence-corrected chi connectivity index (χ2v) is 5.29. The molecule has 0 radical (unpaired) electrons. The van der Waals surface area contributed by atoms with Crippen LogP contribution in [0, 0.1) is 5.82 Å². The van der Waals surface area contributed by atoms with Gasteiger partial charge in [0.05, 0.1) is 0 Å². The molecule has 0 saturated heterocycles. The molecule has 0 heterocycles. The normalized spacial score (nSPS) is 11.1. The summed E-state index contributed by atoms with van der Waals surface area (Å²) in [5.41, 5.74) is 1.01. The van der Waals surface area contributed by atoms with Crippen molar-refractivity contribution in [1.82, 2.24) is 5.32 Å². The molecule has 0 atom stereocenters. The molecule has 0 aliphatic heterocycles. The van der Waals surface area contributed by atoms with E-state index in [1.54, 1.807) is 17.8 Å². The van der Waals surface area contributed by atoms with Gasteiger partial charge in [-0.3, -0.25) is 0 Å². The fourth-order valence-corrected chi connectivity index (χ4v) is 2.09. The largest absolute Gasteiger partial charge is 0.310 e. The Bertz CT molecular complexity index is 326. The van der Waals surface area contributed by atoms with E-state index in [9.17, 15) is 4.39 Å². The molecule has 0 aliphatic rings. The Labute approximate surface area is 102 Å². The van der Waals surface area contributed by atoms with Crippen LogP contribution in [0.15, 0.2) is 23.1 Å². The van der Waals surface area contributed by atoms with Crippen LogP contribution in [0.25, 0.3) is 0 Å². The van der Waals surface area contributed by atoms with Gasteiger partial charge in [-0.2, -0.15) is 0 Å². The number of hydrogen-bond donors (Lipinski definition) is 1. The van der Waals surface area contributed by atoms with Gasteiger partial charge in [0.1, 0.15) is 5.82 Å². The molecule has 0 amide bonds. The number of hydrogen-bond acceptors (Lipinski definition) is 2. The average molecular weight is 241 g/mol. The molecule has 0 unspecified atom stereocenters. The Morgan fingerprint density at radius 1 is 1.38 bits per heavy atom. The Morgan fingerprint density at radius 2 is 2.12 bits per heavy atom. The first-order chi connectivity index (χ1) is 7.63. The highest BCUT2D eigenvalue weighted by Crippen LogP contribution is 2.23. The summed E-state index contributed by atoms with van der Waals surface area (Å²) < 4.78 is 13.6. The molecule has 1 aromatic rings. The third-order valence-corrected chi connectivity index (χ3v) is 3.43. The van der Waals surface area contributed by atoms with Crippen molar-refractivity contribution in [2.75, 3.05) is 5.75 Å². The van der Waals surface area contributed by atoms with Gasteiger partial charge in [-0.1, -0.05) is 26.8 Å². The van der Waals surface area contributed by atoms with E-state index in [1.807, 2.05) is 12.1 Å². The summed E-state index contributed by atoms with van der Waals surface area (Å²) in [6, 6.07) is 5.94. The molecule has 1 rings (SSSR count). The highest BCUT2D eigenvalue weighted by Gasteiger charge is 2.04. The summed E-state index contributed by atoms with van der Waals surface area (Å²) in [4.78, 5) is 0.759. The van der Waals surface area contributed by atoms with E-state index in [2.05, 4.69) is 26.1 Å². The van der Waals surface area contributed by atoms with Crippen molar-refractivity contribution in [2.45, 2.75) is 44.7 Å². The summed E-state index contributed by atoms with van der Waals surface area (Å²) in [6.45, 7) is 7.00. The molecular formula is C13H20FNS. The van der Waals surface area contributed by atoms with Crippen LogP contribution in [0.1, 0.15) is 32.8 Å². The van der Waals surface area contributed by atoms with Crippen molar-refractivity contribution in [1.29, 1.82) is 0 Å². The van der Waals surface area contributed by atoms with E-state index in [1.165, 1.54) is 0 Å².